The first-order valence-electron chi connectivity index (χ1n) is 9.58. The van der Waals surface area contributed by atoms with E-state index in [1.54, 1.807) is 13.2 Å². The molecule has 1 aromatic heterocycles. The zero-order valence-electron chi connectivity index (χ0n) is 16.4. The average Bonchev–Trinajstić information content (AvgIpc) is 3.25. The number of nitrogens with zero attached hydrogens (tertiary/aromatic N) is 3. The summed E-state index contributed by atoms with van der Waals surface area (Å²) >= 11 is 0. The molecule has 0 unspecified atom stereocenters. The van der Waals surface area contributed by atoms with Crippen molar-refractivity contribution >= 4 is 23.6 Å². The molecule has 148 valence electrons. The fourth-order valence-electron chi connectivity index (χ4n) is 3.07. The first-order chi connectivity index (χ1) is 13.6. The van der Waals surface area contributed by atoms with Gasteiger partial charge in [-0.3, -0.25) is 4.79 Å². The van der Waals surface area contributed by atoms with Crippen molar-refractivity contribution in [3.63, 3.8) is 0 Å². The molecule has 1 aliphatic rings. The summed E-state index contributed by atoms with van der Waals surface area (Å²) in [6, 6.07) is 9.51. The maximum Gasteiger partial charge on any atom is 0.244 e. The van der Waals surface area contributed by atoms with E-state index >= 15 is 0 Å². The lowest BCUT2D eigenvalue weighted by molar-refractivity contribution is -0.116. The van der Waals surface area contributed by atoms with Gasteiger partial charge >= 0.3 is 0 Å². The molecule has 0 atom stereocenters. The molecule has 28 heavy (non-hydrogen) atoms. The largest absolute Gasteiger partial charge is 0.497 e. The van der Waals surface area contributed by atoms with Crippen molar-refractivity contribution < 1.29 is 9.53 Å². The maximum absolute atomic E-state index is 12.0. The number of anilines is 2. The van der Waals surface area contributed by atoms with Gasteiger partial charge in [-0.05, 0) is 43.5 Å². The van der Waals surface area contributed by atoms with E-state index in [1.807, 2.05) is 37.3 Å². The summed E-state index contributed by atoms with van der Waals surface area (Å²) < 4.78 is 5.12. The molecule has 3 rings (SSSR count). The molecule has 7 heteroatoms. The van der Waals surface area contributed by atoms with Crippen LogP contribution in [0.25, 0.3) is 6.08 Å². The predicted molar refractivity (Wildman–Crippen MR) is 112 cm³/mol. The number of nitrogens with one attached hydrogen (secondary N) is 2. The zero-order valence-corrected chi connectivity index (χ0v) is 16.4. The van der Waals surface area contributed by atoms with E-state index in [-0.39, 0.29) is 5.91 Å². The number of aryl methyl sites for hydroxylation is 1. The highest BCUT2D eigenvalue weighted by atomic mass is 16.5. The number of aromatic nitrogens is 2. The van der Waals surface area contributed by atoms with Crippen LogP contribution < -0.4 is 20.3 Å². The van der Waals surface area contributed by atoms with Crippen LogP contribution >= 0.6 is 0 Å². The average molecular weight is 381 g/mol. The van der Waals surface area contributed by atoms with Crippen LogP contribution in [-0.4, -0.2) is 49.2 Å². The molecule has 0 bridgehead atoms. The van der Waals surface area contributed by atoms with Crippen molar-refractivity contribution in [1.82, 2.24) is 15.3 Å². The van der Waals surface area contributed by atoms with Gasteiger partial charge in [0.15, 0.2) is 0 Å². The van der Waals surface area contributed by atoms with Crippen molar-refractivity contribution in [1.29, 1.82) is 0 Å². The van der Waals surface area contributed by atoms with Crippen molar-refractivity contribution in [3.8, 4) is 5.75 Å². The lowest BCUT2D eigenvalue weighted by Crippen LogP contribution is -2.27. The van der Waals surface area contributed by atoms with Crippen LogP contribution in [0.3, 0.4) is 0 Å². The van der Waals surface area contributed by atoms with Gasteiger partial charge in [-0.1, -0.05) is 12.1 Å². The minimum Gasteiger partial charge on any atom is -0.497 e. The summed E-state index contributed by atoms with van der Waals surface area (Å²) in [6.07, 6.45) is 5.73. The zero-order chi connectivity index (χ0) is 19.8. The van der Waals surface area contributed by atoms with Crippen LogP contribution in [0.2, 0.25) is 0 Å². The Labute approximate surface area is 165 Å². The number of hydrogen-bond donors (Lipinski definition) is 2. The van der Waals surface area contributed by atoms with E-state index in [0.717, 1.165) is 41.9 Å². The second kappa shape index (κ2) is 9.73. The van der Waals surface area contributed by atoms with E-state index in [2.05, 4.69) is 25.5 Å². The van der Waals surface area contributed by atoms with Gasteiger partial charge in [0, 0.05) is 38.3 Å². The predicted octanol–water partition coefficient (Wildman–Crippen LogP) is 2.64. The second-order valence-corrected chi connectivity index (χ2v) is 6.68. The Hall–Kier alpha value is -3.09. The van der Waals surface area contributed by atoms with E-state index < -0.39 is 0 Å². The highest BCUT2D eigenvalue weighted by Gasteiger charge is 2.14. The molecule has 1 saturated heterocycles. The van der Waals surface area contributed by atoms with Gasteiger partial charge in [0.2, 0.25) is 5.91 Å². The number of carbonyl (C=O) groups is 1. The van der Waals surface area contributed by atoms with Crippen LogP contribution in [0.1, 0.15) is 24.2 Å². The van der Waals surface area contributed by atoms with E-state index in [4.69, 9.17) is 4.74 Å². The minimum absolute atomic E-state index is 0.130. The third kappa shape index (κ3) is 5.70. The lowest BCUT2D eigenvalue weighted by atomic mass is 10.2. The summed E-state index contributed by atoms with van der Waals surface area (Å²) in [5.74, 6) is 3.17. The number of hydrogen-bond acceptors (Lipinski definition) is 6. The first-order valence-corrected chi connectivity index (χ1v) is 9.58. The summed E-state index contributed by atoms with van der Waals surface area (Å²) in [7, 11) is 1.63. The van der Waals surface area contributed by atoms with Crippen LogP contribution in [0.5, 0.6) is 5.75 Å². The Bertz CT molecular complexity index is 814. The molecule has 1 fully saturated rings. The van der Waals surface area contributed by atoms with Gasteiger partial charge in [0.25, 0.3) is 0 Å². The fourth-order valence-corrected chi connectivity index (χ4v) is 3.07. The van der Waals surface area contributed by atoms with E-state index in [0.29, 0.717) is 13.1 Å². The normalized spacial score (nSPS) is 13.7. The molecule has 1 aromatic carbocycles. The molecular weight excluding hydrogens is 354 g/mol. The Morgan fingerprint density at radius 1 is 1.18 bits per heavy atom. The van der Waals surface area contributed by atoms with Crippen LogP contribution in [0.15, 0.2) is 36.4 Å². The highest BCUT2D eigenvalue weighted by molar-refractivity contribution is 5.91. The number of carbonyl (C=O) groups excluding carboxylic acids is 1. The molecule has 1 aliphatic heterocycles. The van der Waals surface area contributed by atoms with Crippen molar-refractivity contribution in [3.05, 3.63) is 47.8 Å². The number of ether oxygens (including phenoxy) is 1. The Morgan fingerprint density at radius 2 is 1.93 bits per heavy atom. The molecule has 0 radical (unpaired) electrons. The van der Waals surface area contributed by atoms with E-state index in [1.165, 1.54) is 18.9 Å². The SMILES string of the molecule is COc1ccc(/C=C/C(=O)NCCNc2cc(N3CCCC3)nc(C)n2)cc1. The monoisotopic (exact) mass is 381 g/mol. The number of benzene rings is 1. The summed E-state index contributed by atoms with van der Waals surface area (Å²) in [6.45, 7) is 5.10. The fraction of sp³-hybridized carbons (Fsp3) is 0.381. The summed E-state index contributed by atoms with van der Waals surface area (Å²) in [5.41, 5.74) is 0.944. The lowest BCUT2D eigenvalue weighted by Gasteiger charge is -2.17. The van der Waals surface area contributed by atoms with Crippen LogP contribution in [0, 0.1) is 6.92 Å². The molecule has 0 spiro atoms. The van der Waals surface area contributed by atoms with Crippen molar-refractivity contribution in [2.75, 3.05) is 43.5 Å². The summed E-state index contributed by atoms with van der Waals surface area (Å²) in [5, 5.41) is 6.12. The topological polar surface area (TPSA) is 79.4 Å². The standard InChI is InChI=1S/C21H27N5O2/c1-16-24-19(15-20(25-16)26-13-3-4-14-26)22-11-12-23-21(27)10-7-17-5-8-18(28-2)9-6-17/h5-10,15H,3-4,11-14H2,1-2H3,(H,23,27)(H,22,24,25)/b10-7+. The van der Waals surface area contributed by atoms with E-state index in [9.17, 15) is 4.79 Å². The van der Waals surface area contributed by atoms with Crippen LogP contribution in [0.4, 0.5) is 11.6 Å². The van der Waals surface area contributed by atoms with Gasteiger partial charge in [0.05, 0.1) is 7.11 Å². The first kappa shape index (κ1) is 19.7. The molecule has 7 nitrogen and oxygen atoms in total. The minimum atomic E-state index is -0.130. The summed E-state index contributed by atoms with van der Waals surface area (Å²) in [4.78, 5) is 23.2. The Kier molecular flexibility index (Phi) is 6.84. The smallest absolute Gasteiger partial charge is 0.244 e. The molecule has 0 saturated carbocycles. The van der Waals surface area contributed by atoms with Gasteiger partial charge < -0.3 is 20.3 Å². The molecule has 1 amide bonds. The van der Waals surface area contributed by atoms with Gasteiger partial charge in [0.1, 0.15) is 23.2 Å². The third-order valence-electron chi connectivity index (χ3n) is 4.53. The third-order valence-corrected chi connectivity index (χ3v) is 4.53. The van der Waals surface area contributed by atoms with Gasteiger partial charge in [-0.25, -0.2) is 9.97 Å². The molecule has 2 aromatic rings. The number of amides is 1. The van der Waals surface area contributed by atoms with Gasteiger partial charge in [-0.2, -0.15) is 0 Å². The van der Waals surface area contributed by atoms with Crippen LogP contribution in [-0.2, 0) is 4.79 Å². The van der Waals surface area contributed by atoms with Crippen molar-refractivity contribution in [2.45, 2.75) is 19.8 Å². The molecule has 0 aliphatic carbocycles. The molecule has 2 heterocycles. The molecule has 2 N–H and O–H groups in total. The number of rotatable bonds is 8. The number of methoxy groups -OCH3 is 1. The Balaban J connectivity index is 1.43. The van der Waals surface area contributed by atoms with Gasteiger partial charge in [-0.15, -0.1) is 0 Å². The Morgan fingerprint density at radius 3 is 2.64 bits per heavy atom. The second-order valence-electron chi connectivity index (χ2n) is 6.68. The van der Waals surface area contributed by atoms with Crippen molar-refractivity contribution in [2.24, 2.45) is 0 Å². The maximum atomic E-state index is 12.0. The quantitative estimate of drug-likeness (QED) is 0.541. The molecular formula is C21H27N5O2. The highest BCUT2D eigenvalue weighted by Crippen LogP contribution is 2.20.